The number of aryl methyl sites for hydroxylation is 2. The summed E-state index contributed by atoms with van der Waals surface area (Å²) in [4.78, 5) is 20.0. The van der Waals surface area contributed by atoms with E-state index in [4.69, 9.17) is 11.6 Å². The molecule has 2 heterocycles. The van der Waals surface area contributed by atoms with E-state index in [9.17, 15) is 4.79 Å². The highest BCUT2D eigenvalue weighted by molar-refractivity contribution is 6.29. The molecule has 1 fully saturated rings. The van der Waals surface area contributed by atoms with Crippen LogP contribution in [0.1, 0.15) is 53.0 Å². The second kappa shape index (κ2) is 7.28. The number of halogens is 1. The van der Waals surface area contributed by atoms with Gasteiger partial charge >= 0.3 is 0 Å². The molecular weight excluding hydrogens is 372 g/mol. The van der Waals surface area contributed by atoms with Gasteiger partial charge in [-0.1, -0.05) is 12.8 Å². The van der Waals surface area contributed by atoms with E-state index >= 15 is 0 Å². The van der Waals surface area contributed by atoms with Crippen LogP contribution in [0.5, 0.6) is 0 Å². The van der Waals surface area contributed by atoms with Gasteiger partial charge in [0.1, 0.15) is 0 Å². The van der Waals surface area contributed by atoms with Crippen molar-refractivity contribution in [2.45, 2.75) is 52.1 Å². The van der Waals surface area contributed by atoms with Crippen molar-refractivity contribution in [1.29, 1.82) is 0 Å². The van der Waals surface area contributed by atoms with E-state index in [1.807, 2.05) is 29.8 Å². The first-order valence-corrected chi connectivity index (χ1v) is 10.3. The van der Waals surface area contributed by atoms with E-state index in [0.717, 1.165) is 23.9 Å². The van der Waals surface area contributed by atoms with E-state index < -0.39 is 0 Å². The highest BCUT2D eigenvalue weighted by Gasteiger charge is 2.29. The van der Waals surface area contributed by atoms with Crippen LogP contribution in [0.15, 0.2) is 24.3 Å². The van der Waals surface area contributed by atoms with Gasteiger partial charge in [0.15, 0.2) is 0 Å². The average Bonchev–Trinajstić information content (AvgIpc) is 3.36. The summed E-state index contributed by atoms with van der Waals surface area (Å²) in [6.07, 6.45) is 4.54. The Morgan fingerprint density at radius 1 is 1.18 bits per heavy atom. The fourth-order valence-corrected chi connectivity index (χ4v) is 4.51. The predicted molar refractivity (Wildman–Crippen MR) is 113 cm³/mol. The van der Waals surface area contributed by atoms with Gasteiger partial charge in [0, 0.05) is 43.6 Å². The molecule has 0 aliphatic heterocycles. The lowest BCUT2D eigenvalue weighted by Gasteiger charge is -2.29. The molecule has 2 aromatic heterocycles. The summed E-state index contributed by atoms with van der Waals surface area (Å²) >= 11 is 6.15. The summed E-state index contributed by atoms with van der Waals surface area (Å²) < 4.78 is 4.02. The zero-order valence-electron chi connectivity index (χ0n) is 17.0. The summed E-state index contributed by atoms with van der Waals surface area (Å²) in [6, 6.07) is 8.20. The monoisotopic (exact) mass is 398 g/mol. The number of aromatic nitrogens is 3. The minimum atomic E-state index is 0.0801. The molecule has 6 heteroatoms. The molecule has 0 N–H and O–H groups in total. The Morgan fingerprint density at radius 2 is 1.89 bits per heavy atom. The second-order valence-corrected chi connectivity index (χ2v) is 8.31. The Morgan fingerprint density at radius 3 is 2.54 bits per heavy atom. The number of hydrogen-bond acceptors (Lipinski definition) is 2. The molecule has 1 aromatic carbocycles. The molecule has 0 radical (unpaired) electrons. The standard InChI is InChI=1S/C22H27ClN4O/c1-14-11-17(15(2)25(14)3)13-27(18-7-5-6-8-18)21(28)16-9-10-20-19(12-16)24-22(23)26(20)4/h9-12,18H,5-8,13H2,1-4H3. The number of hydrogen-bond donors (Lipinski definition) is 0. The van der Waals surface area contributed by atoms with Crippen molar-refractivity contribution in [2.24, 2.45) is 14.1 Å². The van der Waals surface area contributed by atoms with Crippen LogP contribution in [0.3, 0.4) is 0 Å². The van der Waals surface area contributed by atoms with Gasteiger partial charge in [-0.2, -0.15) is 0 Å². The minimum absolute atomic E-state index is 0.0801. The Kier molecular flexibility index (Phi) is 4.96. The first-order valence-electron chi connectivity index (χ1n) is 9.91. The van der Waals surface area contributed by atoms with Crippen LogP contribution in [0.2, 0.25) is 5.28 Å². The molecular formula is C22H27ClN4O. The van der Waals surface area contributed by atoms with Crippen molar-refractivity contribution in [3.8, 4) is 0 Å². The van der Waals surface area contributed by atoms with Gasteiger partial charge in [0.25, 0.3) is 5.91 Å². The van der Waals surface area contributed by atoms with Crippen LogP contribution >= 0.6 is 11.6 Å². The van der Waals surface area contributed by atoms with Gasteiger partial charge in [0.2, 0.25) is 5.28 Å². The minimum Gasteiger partial charge on any atom is -0.352 e. The Bertz CT molecular complexity index is 1040. The van der Waals surface area contributed by atoms with Crippen LogP contribution in [-0.4, -0.2) is 31.0 Å². The van der Waals surface area contributed by atoms with Crippen molar-refractivity contribution in [3.05, 3.63) is 52.1 Å². The topological polar surface area (TPSA) is 43.1 Å². The third kappa shape index (κ3) is 3.22. The molecule has 0 atom stereocenters. The van der Waals surface area contributed by atoms with E-state index in [0.29, 0.717) is 23.4 Å². The normalized spacial score (nSPS) is 14.9. The average molecular weight is 399 g/mol. The van der Waals surface area contributed by atoms with Crippen LogP contribution in [-0.2, 0) is 20.6 Å². The van der Waals surface area contributed by atoms with Crippen LogP contribution in [0, 0.1) is 13.8 Å². The van der Waals surface area contributed by atoms with E-state index in [-0.39, 0.29) is 5.91 Å². The fourth-order valence-electron chi connectivity index (χ4n) is 4.33. The first-order chi connectivity index (χ1) is 13.4. The largest absolute Gasteiger partial charge is 0.352 e. The lowest BCUT2D eigenvalue weighted by molar-refractivity contribution is 0.0664. The molecule has 1 aliphatic carbocycles. The maximum absolute atomic E-state index is 13.5. The number of carbonyl (C=O) groups excluding carboxylic acids is 1. The maximum Gasteiger partial charge on any atom is 0.254 e. The zero-order chi connectivity index (χ0) is 20.0. The van der Waals surface area contributed by atoms with Crippen LogP contribution in [0.4, 0.5) is 0 Å². The third-order valence-corrected chi connectivity index (χ3v) is 6.66. The molecule has 1 aliphatic rings. The Labute approximate surface area is 170 Å². The fraction of sp³-hybridized carbons (Fsp3) is 0.455. The first kappa shape index (κ1) is 19.1. The number of rotatable bonds is 4. The summed E-state index contributed by atoms with van der Waals surface area (Å²) in [7, 11) is 3.96. The van der Waals surface area contributed by atoms with Gasteiger partial charge in [-0.15, -0.1) is 0 Å². The van der Waals surface area contributed by atoms with Crippen molar-refractivity contribution in [2.75, 3.05) is 0 Å². The summed E-state index contributed by atoms with van der Waals surface area (Å²) in [5.41, 5.74) is 6.04. The number of imidazole rings is 1. The number of fused-ring (bicyclic) bond motifs is 1. The van der Waals surface area contributed by atoms with E-state index in [1.54, 1.807) is 0 Å². The lowest BCUT2D eigenvalue weighted by atomic mass is 10.1. The molecule has 4 rings (SSSR count). The van der Waals surface area contributed by atoms with Gasteiger partial charge < -0.3 is 14.0 Å². The molecule has 5 nitrogen and oxygen atoms in total. The van der Waals surface area contributed by atoms with Gasteiger partial charge in [-0.25, -0.2) is 4.98 Å². The van der Waals surface area contributed by atoms with E-state index in [1.165, 1.54) is 29.8 Å². The quantitative estimate of drug-likeness (QED) is 0.635. The number of nitrogens with zero attached hydrogens (tertiary/aromatic N) is 4. The SMILES string of the molecule is Cc1cc(CN(C(=O)c2ccc3c(c2)nc(Cl)n3C)C2CCCC2)c(C)n1C. The third-order valence-electron chi connectivity index (χ3n) is 6.32. The Balaban J connectivity index is 1.69. The van der Waals surface area contributed by atoms with Crippen molar-refractivity contribution in [3.63, 3.8) is 0 Å². The van der Waals surface area contributed by atoms with Crippen molar-refractivity contribution in [1.82, 2.24) is 19.0 Å². The van der Waals surface area contributed by atoms with Crippen LogP contribution < -0.4 is 0 Å². The summed E-state index contributed by atoms with van der Waals surface area (Å²) in [5.74, 6) is 0.0801. The highest BCUT2D eigenvalue weighted by Crippen LogP contribution is 2.29. The van der Waals surface area contributed by atoms with Gasteiger partial charge in [0.05, 0.1) is 11.0 Å². The predicted octanol–water partition coefficient (Wildman–Crippen LogP) is 4.77. The molecule has 0 unspecified atom stereocenters. The second-order valence-electron chi connectivity index (χ2n) is 7.97. The lowest BCUT2D eigenvalue weighted by Crippen LogP contribution is -2.38. The molecule has 0 spiro atoms. The maximum atomic E-state index is 13.5. The number of benzene rings is 1. The Hall–Kier alpha value is -2.27. The zero-order valence-corrected chi connectivity index (χ0v) is 17.8. The molecule has 1 amide bonds. The molecule has 0 saturated heterocycles. The molecule has 148 valence electrons. The molecule has 28 heavy (non-hydrogen) atoms. The molecule has 0 bridgehead atoms. The van der Waals surface area contributed by atoms with Crippen molar-refractivity contribution < 1.29 is 4.79 Å². The summed E-state index contributed by atoms with van der Waals surface area (Å²) in [5, 5.41) is 0.433. The number of amides is 1. The van der Waals surface area contributed by atoms with E-state index in [2.05, 4.69) is 41.4 Å². The summed E-state index contributed by atoms with van der Waals surface area (Å²) in [6.45, 7) is 4.89. The van der Waals surface area contributed by atoms with Gasteiger partial charge in [-0.3, -0.25) is 4.79 Å². The van der Waals surface area contributed by atoms with Crippen molar-refractivity contribution >= 4 is 28.5 Å². The number of carbonyl (C=O) groups is 1. The molecule has 1 saturated carbocycles. The van der Waals surface area contributed by atoms with Crippen LogP contribution in [0.25, 0.3) is 11.0 Å². The molecule has 3 aromatic rings. The highest BCUT2D eigenvalue weighted by atomic mass is 35.5. The smallest absolute Gasteiger partial charge is 0.254 e. The van der Waals surface area contributed by atoms with Gasteiger partial charge in [-0.05, 0) is 68.1 Å².